The predicted molar refractivity (Wildman–Crippen MR) is 71.2 cm³/mol. The molecule has 0 heterocycles. The number of primary amides is 1. The van der Waals surface area contributed by atoms with E-state index in [-0.39, 0.29) is 23.8 Å². The summed E-state index contributed by atoms with van der Waals surface area (Å²) in [6.45, 7) is 2.54. The third-order valence-corrected chi connectivity index (χ3v) is 2.40. The number of nitrogens with zero attached hydrogens (tertiary/aromatic N) is 1. The molecule has 0 aromatic heterocycles. The largest absolute Gasteiger partial charge is 0.487 e. The molecule has 1 amide bonds. The summed E-state index contributed by atoms with van der Waals surface area (Å²) in [5, 5.41) is 14.0. The second-order valence-corrected chi connectivity index (χ2v) is 3.84. The summed E-state index contributed by atoms with van der Waals surface area (Å²) in [6, 6.07) is 4.83. The first-order valence-electron chi connectivity index (χ1n) is 5.98. The van der Waals surface area contributed by atoms with Gasteiger partial charge in [0.15, 0.2) is 5.75 Å². The van der Waals surface area contributed by atoms with Crippen LogP contribution < -0.4 is 15.8 Å². The molecule has 0 atom stereocenters. The van der Waals surface area contributed by atoms with Crippen molar-refractivity contribution >= 4 is 17.3 Å². The fraction of sp³-hybridized carbons (Fsp3) is 0.417. The van der Waals surface area contributed by atoms with Crippen LogP contribution in [-0.4, -0.2) is 24.0 Å². The lowest BCUT2D eigenvalue weighted by molar-refractivity contribution is -0.384. The molecule has 1 aromatic rings. The van der Waals surface area contributed by atoms with Crippen molar-refractivity contribution in [3.05, 3.63) is 28.3 Å². The van der Waals surface area contributed by atoms with Crippen LogP contribution in [-0.2, 0) is 4.79 Å². The van der Waals surface area contributed by atoms with Crippen LogP contribution >= 0.6 is 0 Å². The van der Waals surface area contributed by atoms with Crippen LogP contribution in [0.15, 0.2) is 18.2 Å². The Morgan fingerprint density at radius 2 is 2.26 bits per heavy atom. The topological polar surface area (TPSA) is 107 Å². The molecule has 0 saturated heterocycles. The van der Waals surface area contributed by atoms with Crippen molar-refractivity contribution in [1.29, 1.82) is 0 Å². The first kappa shape index (κ1) is 14.7. The number of hydrogen-bond donors (Lipinski definition) is 2. The smallest absolute Gasteiger partial charge is 0.333 e. The minimum absolute atomic E-state index is 0.0941. The Morgan fingerprint density at radius 3 is 2.84 bits per heavy atom. The minimum atomic E-state index is -0.485. The van der Waals surface area contributed by atoms with E-state index in [0.29, 0.717) is 25.3 Å². The average Bonchev–Trinajstić information content (AvgIpc) is 2.34. The lowest BCUT2D eigenvalue weighted by Crippen LogP contribution is -2.13. The number of nitrogens with two attached hydrogens (primary N) is 1. The molecule has 0 spiro atoms. The first-order chi connectivity index (χ1) is 9.06. The van der Waals surface area contributed by atoms with Crippen LogP contribution in [0.4, 0.5) is 11.4 Å². The van der Waals surface area contributed by atoms with E-state index in [0.717, 1.165) is 0 Å². The summed E-state index contributed by atoms with van der Waals surface area (Å²) in [5.41, 5.74) is 5.30. The molecule has 0 unspecified atom stereocenters. The number of carbonyl (C=O) groups is 1. The van der Waals surface area contributed by atoms with Crippen molar-refractivity contribution in [3.8, 4) is 5.75 Å². The van der Waals surface area contributed by atoms with Crippen LogP contribution in [0.5, 0.6) is 5.75 Å². The van der Waals surface area contributed by atoms with Gasteiger partial charge in [-0.3, -0.25) is 14.9 Å². The number of rotatable bonds is 8. The number of benzene rings is 1. The standard InChI is InChI=1S/C12H17N3O4/c1-2-19-10-6-3-5-9(12(10)15(17)18)14-8-4-7-11(13)16/h3,5-6,14H,2,4,7-8H2,1H3,(H2,13,16). The van der Waals surface area contributed by atoms with Gasteiger partial charge >= 0.3 is 5.69 Å². The van der Waals surface area contributed by atoms with Gasteiger partial charge in [-0.1, -0.05) is 6.07 Å². The summed E-state index contributed by atoms with van der Waals surface area (Å²) in [4.78, 5) is 21.2. The third-order valence-electron chi connectivity index (χ3n) is 2.40. The van der Waals surface area contributed by atoms with E-state index in [1.54, 1.807) is 25.1 Å². The Kier molecular flexibility index (Phi) is 5.59. The number of para-hydroxylation sites is 1. The van der Waals surface area contributed by atoms with E-state index in [4.69, 9.17) is 10.5 Å². The second kappa shape index (κ2) is 7.20. The Hall–Kier alpha value is -2.31. The Balaban J connectivity index is 2.78. The van der Waals surface area contributed by atoms with Gasteiger partial charge in [0.25, 0.3) is 0 Å². The fourth-order valence-corrected chi connectivity index (χ4v) is 1.61. The number of anilines is 1. The first-order valence-corrected chi connectivity index (χ1v) is 5.98. The number of nitro benzene ring substituents is 1. The molecule has 0 radical (unpaired) electrons. The molecule has 3 N–H and O–H groups in total. The number of hydrogen-bond acceptors (Lipinski definition) is 5. The molecule has 19 heavy (non-hydrogen) atoms. The summed E-state index contributed by atoms with van der Waals surface area (Å²) >= 11 is 0. The molecule has 0 aliphatic carbocycles. The van der Waals surface area contributed by atoms with Crippen molar-refractivity contribution < 1.29 is 14.5 Å². The SMILES string of the molecule is CCOc1cccc(NCCCC(N)=O)c1[N+](=O)[O-]. The van der Waals surface area contributed by atoms with Gasteiger partial charge in [-0.2, -0.15) is 0 Å². The number of nitrogens with one attached hydrogen (secondary N) is 1. The molecule has 0 aliphatic heterocycles. The number of ether oxygens (including phenoxy) is 1. The van der Waals surface area contributed by atoms with Gasteiger partial charge in [0, 0.05) is 13.0 Å². The molecule has 0 bridgehead atoms. The zero-order valence-corrected chi connectivity index (χ0v) is 10.7. The van der Waals surface area contributed by atoms with Gasteiger partial charge in [0.1, 0.15) is 5.69 Å². The maximum Gasteiger partial charge on any atom is 0.333 e. The van der Waals surface area contributed by atoms with E-state index in [9.17, 15) is 14.9 Å². The van der Waals surface area contributed by atoms with Crippen molar-refractivity contribution in [3.63, 3.8) is 0 Å². The maximum absolute atomic E-state index is 11.1. The predicted octanol–water partition coefficient (Wildman–Crippen LogP) is 1.67. The highest BCUT2D eigenvalue weighted by molar-refractivity contribution is 5.73. The van der Waals surface area contributed by atoms with Crippen molar-refractivity contribution in [2.24, 2.45) is 5.73 Å². The number of nitro groups is 1. The van der Waals surface area contributed by atoms with Gasteiger partial charge in [-0.05, 0) is 25.5 Å². The lowest BCUT2D eigenvalue weighted by Gasteiger charge is -2.10. The highest BCUT2D eigenvalue weighted by Gasteiger charge is 2.20. The summed E-state index contributed by atoms with van der Waals surface area (Å²) < 4.78 is 5.23. The fourth-order valence-electron chi connectivity index (χ4n) is 1.61. The Bertz CT molecular complexity index is 462. The molecule has 1 rings (SSSR count). The highest BCUT2D eigenvalue weighted by atomic mass is 16.6. The van der Waals surface area contributed by atoms with Crippen molar-refractivity contribution in [2.45, 2.75) is 19.8 Å². The minimum Gasteiger partial charge on any atom is -0.487 e. The van der Waals surface area contributed by atoms with Crippen molar-refractivity contribution in [2.75, 3.05) is 18.5 Å². The summed E-state index contributed by atoms with van der Waals surface area (Å²) in [7, 11) is 0. The molecular weight excluding hydrogens is 250 g/mol. The molecule has 1 aromatic carbocycles. The molecular formula is C12H17N3O4. The molecule has 7 heteroatoms. The van der Waals surface area contributed by atoms with Crippen molar-refractivity contribution in [1.82, 2.24) is 0 Å². The monoisotopic (exact) mass is 267 g/mol. The van der Waals surface area contributed by atoms with Crippen LogP contribution in [0.3, 0.4) is 0 Å². The number of amides is 1. The molecule has 7 nitrogen and oxygen atoms in total. The zero-order valence-electron chi connectivity index (χ0n) is 10.7. The number of carbonyl (C=O) groups excluding carboxylic acids is 1. The van der Waals surface area contributed by atoms with Crippen LogP contribution in [0.25, 0.3) is 0 Å². The highest BCUT2D eigenvalue weighted by Crippen LogP contribution is 2.34. The van der Waals surface area contributed by atoms with E-state index >= 15 is 0 Å². The van der Waals surface area contributed by atoms with Crippen LogP contribution in [0.1, 0.15) is 19.8 Å². The normalized spacial score (nSPS) is 9.95. The summed E-state index contributed by atoms with van der Waals surface area (Å²) in [5.74, 6) is -0.160. The Morgan fingerprint density at radius 1 is 1.53 bits per heavy atom. The molecule has 0 saturated carbocycles. The van der Waals surface area contributed by atoms with E-state index < -0.39 is 4.92 Å². The van der Waals surface area contributed by atoms with Gasteiger partial charge < -0.3 is 15.8 Å². The van der Waals surface area contributed by atoms with E-state index in [1.165, 1.54) is 0 Å². The maximum atomic E-state index is 11.1. The van der Waals surface area contributed by atoms with Crippen LogP contribution in [0, 0.1) is 10.1 Å². The van der Waals surface area contributed by atoms with E-state index in [2.05, 4.69) is 5.32 Å². The van der Waals surface area contributed by atoms with Gasteiger partial charge in [0.2, 0.25) is 5.91 Å². The summed E-state index contributed by atoms with van der Waals surface area (Å²) in [6.07, 6.45) is 0.761. The average molecular weight is 267 g/mol. The van der Waals surface area contributed by atoms with Gasteiger partial charge in [-0.15, -0.1) is 0 Å². The zero-order chi connectivity index (χ0) is 14.3. The Labute approximate surface area is 110 Å². The molecule has 0 fully saturated rings. The molecule has 0 aliphatic rings. The van der Waals surface area contributed by atoms with Crippen LogP contribution in [0.2, 0.25) is 0 Å². The van der Waals surface area contributed by atoms with Gasteiger partial charge in [-0.25, -0.2) is 0 Å². The quantitative estimate of drug-likeness (QED) is 0.423. The van der Waals surface area contributed by atoms with Gasteiger partial charge in [0.05, 0.1) is 11.5 Å². The molecule has 104 valence electrons. The lowest BCUT2D eigenvalue weighted by atomic mass is 10.2. The third kappa shape index (κ3) is 4.46. The van der Waals surface area contributed by atoms with E-state index in [1.807, 2.05) is 0 Å². The second-order valence-electron chi connectivity index (χ2n) is 3.84.